The van der Waals surface area contributed by atoms with Gasteiger partial charge in [-0.1, -0.05) is 31.5 Å². The van der Waals surface area contributed by atoms with Gasteiger partial charge in [0.15, 0.2) is 9.84 Å². The predicted molar refractivity (Wildman–Crippen MR) is 77.8 cm³/mol. The molecule has 0 aliphatic heterocycles. The quantitative estimate of drug-likeness (QED) is 0.725. The van der Waals surface area contributed by atoms with Crippen LogP contribution in [0, 0.1) is 0 Å². The fourth-order valence-corrected chi connectivity index (χ4v) is 2.77. The van der Waals surface area contributed by atoms with Crippen LogP contribution in [0.15, 0.2) is 46.7 Å². The number of unbranched alkanes of at least 4 members (excludes halogenated alkanes) is 1. The van der Waals surface area contributed by atoms with E-state index in [4.69, 9.17) is 4.74 Å². The van der Waals surface area contributed by atoms with Crippen LogP contribution in [0.3, 0.4) is 0 Å². The van der Waals surface area contributed by atoms with Gasteiger partial charge in [0.2, 0.25) is 0 Å². The van der Waals surface area contributed by atoms with E-state index < -0.39 is 21.9 Å². The van der Waals surface area contributed by atoms with Gasteiger partial charge < -0.3 is 4.74 Å². The molecule has 1 aromatic carbocycles. The van der Waals surface area contributed by atoms with Gasteiger partial charge in [-0.15, -0.1) is 0 Å². The maximum Gasteiger partial charge on any atom is 0.303 e. The molecule has 0 spiro atoms. The number of hydrogen-bond acceptors (Lipinski definition) is 4. The highest BCUT2D eigenvalue weighted by Gasteiger charge is 2.13. The molecule has 0 aliphatic rings. The predicted octanol–water partition coefficient (Wildman–Crippen LogP) is 3.10. The van der Waals surface area contributed by atoms with Crippen LogP contribution in [-0.4, -0.2) is 20.5 Å². The van der Waals surface area contributed by atoms with E-state index in [1.165, 1.54) is 25.1 Å². The van der Waals surface area contributed by atoms with Crippen LogP contribution in [0.25, 0.3) is 0 Å². The molecule has 5 heteroatoms. The molecule has 0 saturated heterocycles. The monoisotopic (exact) mass is 296 g/mol. The average Bonchev–Trinajstić information content (AvgIpc) is 2.42. The summed E-state index contributed by atoms with van der Waals surface area (Å²) in [4.78, 5) is 11.2. The van der Waals surface area contributed by atoms with Crippen LogP contribution in [0.4, 0.5) is 0 Å². The molecule has 110 valence electrons. The number of ether oxygens (including phenoxy) is 1. The van der Waals surface area contributed by atoms with Crippen molar-refractivity contribution in [2.45, 2.75) is 44.1 Å². The number of carbonyl (C=O) groups excluding carboxylic acids is 1. The van der Waals surface area contributed by atoms with Crippen molar-refractivity contribution in [1.29, 1.82) is 0 Å². The molecule has 1 aromatic rings. The summed E-state index contributed by atoms with van der Waals surface area (Å²) in [6.07, 6.45) is 3.40. The molecule has 0 heterocycles. The van der Waals surface area contributed by atoms with Crippen LogP contribution < -0.4 is 0 Å². The minimum absolute atomic E-state index is 0.230. The third kappa shape index (κ3) is 5.57. The molecular formula is C15H20O4S. The molecule has 1 rings (SSSR count). The maximum atomic E-state index is 12.1. The van der Waals surface area contributed by atoms with E-state index in [-0.39, 0.29) is 4.90 Å². The van der Waals surface area contributed by atoms with Crippen LogP contribution >= 0.6 is 0 Å². The van der Waals surface area contributed by atoms with Gasteiger partial charge in [0.05, 0.1) is 4.90 Å². The maximum absolute atomic E-state index is 12.1. The van der Waals surface area contributed by atoms with Gasteiger partial charge in [-0.3, -0.25) is 4.79 Å². The van der Waals surface area contributed by atoms with Crippen molar-refractivity contribution in [2.75, 3.05) is 0 Å². The van der Waals surface area contributed by atoms with Crippen molar-refractivity contribution in [2.24, 2.45) is 0 Å². The highest BCUT2D eigenvalue weighted by molar-refractivity contribution is 7.94. The minimum Gasteiger partial charge on any atom is -0.458 e. The first-order valence-corrected chi connectivity index (χ1v) is 8.16. The summed E-state index contributed by atoms with van der Waals surface area (Å²) in [5.74, 6) is -0.409. The lowest BCUT2D eigenvalue weighted by molar-refractivity contribution is -0.144. The van der Waals surface area contributed by atoms with E-state index >= 15 is 0 Å². The molecule has 0 saturated carbocycles. The highest BCUT2D eigenvalue weighted by atomic mass is 32.2. The second-order valence-corrected chi connectivity index (χ2v) is 6.31. The topological polar surface area (TPSA) is 60.4 Å². The van der Waals surface area contributed by atoms with Crippen molar-refractivity contribution in [3.05, 3.63) is 41.8 Å². The van der Waals surface area contributed by atoms with Crippen LogP contribution in [0.1, 0.15) is 33.1 Å². The largest absolute Gasteiger partial charge is 0.458 e. The Morgan fingerprint density at radius 1 is 1.30 bits per heavy atom. The van der Waals surface area contributed by atoms with E-state index in [2.05, 4.69) is 0 Å². The standard InChI is InChI=1S/C15H20O4S/c1-3-4-8-14(19-13(2)16)11-12-20(17,18)15-9-6-5-7-10-15/h5-7,9-12,14H,3-4,8H2,1-2H3/b12-11-. The van der Waals surface area contributed by atoms with E-state index in [9.17, 15) is 13.2 Å². The Hall–Kier alpha value is -1.62. The Morgan fingerprint density at radius 2 is 1.95 bits per heavy atom. The zero-order valence-corrected chi connectivity index (χ0v) is 12.6. The third-order valence-electron chi connectivity index (χ3n) is 2.70. The second kappa shape index (κ2) is 7.85. The Balaban J connectivity index is 2.83. The van der Waals surface area contributed by atoms with Crippen molar-refractivity contribution in [3.8, 4) is 0 Å². The summed E-state index contributed by atoms with van der Waals surface area (Å²) >= 11 is 0. The summed E-state index contributed by atoms with van der Waals surface area (Å²) < 4.78 is 29.2. The average molecular weight is 296 g/mol. The molecule has 0 bridgehead atoms. The lowest BCUT2D eigenvalue weighted by Gasteiger charge is -2.12. The number of rotatable bonds is 7. The first-order chi connectivity index (χ1) is 9.45. The summed E-state index contributed by atoms with van der Waals surface area (Å²) in [7, 11) is -3.49. The lowest BCUT2D eigenvalue weighted by Crippen LogP contribution is -2.14. The van der Waals surface area contributed by atoms with E-state index in [1.54, 1.807) is 18.2 Å². The molecule has 1 unspecified atom stereocenters. The number of hydrogen-bond donors (Lipinski definition) is 0. The second-order valence-electron chi connectivity index (χ2n) is 4.48. The van der Waals surface area contributed by atoms with Crippen LogP contribution in [0.5, 0.6) is 0 Å². The SMILES string of the molecule is CCCCC(/C=C\S(=O)(=O)c1ccccc1)OC(C)=O. The summed E-state index contributed by atoms with van der Waals surface area (Å²) in [6, 6.07) is 8.16. The molecule has 0 radical (unpaired) electrons. The van der Waals surface area contributed by atoms with Crippen molar-refractivity contribution < 1.29 is 17.9 Å². The van der Waals surface area contributed by atoms with E-state index in [0.29, 0.717) is 6.42 Å². The molecule has 0 aliphatic carbocycles. The van der Waals surface area contributed by atoms with Crippen LogP contribution in [-0.2, 0) is 19.4 Å². The normalized spacial score (nSPS) is 13.3. The van der Waals surface area contributed by atoms with Gasteiger partial charge in [-0.2, -0.15) is 0 Å². The molecule has 0 N–H and O–H groups in total. The van der Waals surface area contributed by atoms with Gasteiger partial charge in [0, 0.05) is 12.3 Å². The van der Waals surface area contributed by atoms with E-state index in [1.807, 2.05) is 6.92 Å². The summed E-state index contributed by atoms with van der Waals surface area (Å²) in [5, 5.41) is 1.12. The minimum atomic E-state index is -3.49. The van der Waals surface area contributed by atoms with Gasteiger partial charge in [0.1, 0.15) is 6.10 Å². The first-order valence-electron chi connectivity index (χ1n) is 6.61. The Bertz CT molecular complexity index is 546. The Morgan fingerprint density at radius 3 is 2.50 bits per heavy atom. The first kappa shape index (κ1) is 16.4. The van der Waals surface area contributed by atoms with Gasteiger partial charge >= 0.3 is 5.97 Å². The fourth-order valence-electron chi connectivity index (χ4n) is 1.69. The fraction of sp³-hybridized carbons (Fsp3) is 0.400. The number of carbonyl (C=O) groups is 1. The van der Waals surface area contributed by atoms with Gasteiger partial charge in [0.25, 0.3) is 0 Å². The molecule has 0 amide bonds. The van der Waals surface area contributed by atoms with E-state index in [0.717, 1.165) is 18.2 Å². The molecule has 0 fully saturated rings. The molecule has 0 aromatic heterocycles. The number of esters is 1. The molecule has 1 atom stereocenters. The lowest BCUT2D eigenvalue weighted by atomic mass is 10.1. The number of benzene rings is 1. The zero-order valence-electron chi connectivity index (χ0n) is 11.8. The summed E-state index contributed by atoms with van der Waals surface area (Å²) in [6.45, 7) is 3.34. The Labute approximate surface area is 120 Å². The third-order valence-corrected chi connectivity index (χ3v) is 4.15. The Kier molecular flexibility index (Phi) is 6.45. The van der Waals surface area contributed by atoms with Crippen molar-refractivity contribution in [1.82, 2.24) is 0 Å². The van der Waals surface area contributed by atoms with Gasteiger partial charge in [-0.05, 0) is 31.1 Å². The van der Waals surface area contributed by atoms with Crippen molar-refractivity contribution >= 4 is 15.8 Å². The highest BCUT2D eigenvalue weighted by Crippen LogP contribution is 2.14. The summed E-state index contributed by atoms with van der Waals surface area (Å²) in [5.41, 5.74) is 0. The van der Waals surface area contributed by atoms with Crippen LogP contribution in [0.2, 0.25) is 0 Å². The number of sulfone groups is 1. The molecular weight excluding hydrogens is 276 g/mol. The molecule has 20 heavy (non-hydrogen) atoms. The molecule has 4 nitrogen and oxygen atoms in total. The van der Waals surface area contributed by atoms with Gasteiger partial charge in [-0.25, -0.2) is 8.42 Å². The van der Waals surface area contributed by atoms with Crippen molar-refractivity contribution in [3.63, 3.8) is 0 Å². The zero-order chi connectivity index (χ0) is 15.0. The smallest absolute Gasteiger partial charge is 0.303 e.